The van der Waals surface area contributed by atoms with E-state index in [4.69, 9.17) is 5.14 Å². The first-order chi connectivity index (χ1) is 7.45. The molecule has 0 saturated heterocycles. The summed E-state index contributed by atoms with van der Waals surface area (Å²) in [6, 6.07) is 6.03. The van der Waals surface area contributed by atoms with Crippen molar-refractivity contribution < 1.29 is 13.5 Å². The van der Waals surface area contributed by atoms with Gasteiger partial charge in [-0.25, -0.2) is 13.6 Å². The molecule has 0 aliphatic heterocycles. The number of benzene rings is 1. The second-order valence-electron chi connectivity index (χ2n) is 3.77. The van der Waals surface area contributed by atoms with Gasteiger partial charge in [-0.15, -0.1) is 0 Å². The Bertz CT molecular complexity index is 425. The van der Waals surface area contributed by atoms with E-state index in [1.807, 2.05) is 0 Å². The number of unbranched alkanes of at least 4 members (excludes halogenated alkanes) is 1. The summed E-state index contributed by atoms with van der Waals surface area (Å²) >= 11 is 0. The van der Waals surface area contributed by atoms with Crippen LogP contribution in [0, 0.1) is 0 Å². The summed E-state index contributed by atoms with van der Waals surface area (Å²) in [6.07, 6.45) is 2.12. The first-order valence-electron chi connectivity index (χ1n) is 5.26. The minimum Gasteiger partial charge on any atom is -0.388 e. The van der Waals surface area contributed by atoms with Crippen molar-refractivity contribution in [3.8, 4) is 0 Å². The van der Waals surface area contributed by atoms with Gasteiger partial charge in [-0.1, -0.05) is 31.9 Å². The first kappa shape index (κ1) is 13.2. The topological polar surface area (TPSA) is 80.4 Å². The molecule has 0 saturated carbocycles. The Labute approximate surface area is 96.2 Å². The van der Waals surface area contributed by atoms with E-state index < -0.39 is 16.1 Å². The molecule has 0 aromatic heterocycles. The van der Waals surface area contributed by atoms with E-state index in [0.717, 1.165) is 18.4 Å². The van der Waals surface area contributed by atoms with Gasteiger partial charge in [0.2, 0.25) is 10.0 Å². The number of sulfonamides is 1. The lowest BCUT2D eigenvalue weighted by molar-refractivity contribution is 0.164. The van der Waals surface area contributed by atoms with Crippen LogP contribution in [0.1, 0.15) is 37.9 Å². The molecule has 0 aliphatic rings. The van der Waals surface area contributed by atoms with Gasteiger partial charge in [-0.2, -0.15) is 0 Å². The summed E-state index contributed by atoms with van der Waals surface area (Å²) in [7, 11) is -3.64. The molecule has 0 aliphatic carbocycles. The van der Waals surface area contributed by atoms with Gasteiger partial charge in [0.1, 0.15) is 0 Å². The minimum absolute atomic E-state index is 0.0685. The highest BCUT2D eigenvalue weighted by atomic mass is 32.2. The van der Waals surface area contributed by atoms with E-state index in [2.05, 4.69) is 6.92 Å². The van der Waals surface area contributed by atoms with Crippen molar-refractivity contribution in [2.45, 2.75) is 37.2 Å². The van der Waals surface area contributed by atoms with E-state index in [0.29, 0.717) is 6.42 Å². The van der Waals surface area contributed by atoms with Crippen LogP contribution < -0.4 is 5.14 Å². The van der Waals surface area contributed by atoms with E-state index in [9.17, 15) is 13.5 Å². The van der Waals surface area contributed by atoms with Crippen LogP contribution in [-0.4, -0.2) is 13.5 Å². The molecule has 1 atom stereocenters. The number of aliphatic hydroxyl groups is 1. The van der Waals surface area contributed by atoms with Crippen molar-refractivity contribution in [2.75, 3.05) is 0 Å². The molecule has 4 nitrogen and oxygen atoms in total. The Hall–Kier alpha value is -0.910. The van der Waals surface area contributed by atoms with Crippen LogP contribution in [0.25, 0.3) is 0 Å². The first-order valence-corrected chi connectivity index (χ1v) is 6.80. The fourth-order valence-electron chi connectivity index (χ4n) is 1.44. The molecule has 1 aromatic carbocycles. The zero-order valence-electron chi connectivity index (χ0n) is 9.26. The zero-order valence-corrected chi connectivity index (χ0v) is 10.1. The van der Waals surface area contributed by atoms with Gasteiger partial charge in [0.15, 0.2) is 0 Å². The number of hydrogen-bond acceptors (Lipinski definition) is 3. The number of primary sulfonamides is 1. The normalized spacial score (nSPS) is 13.7. The van der Waals surface area contributed by atoms with Gasteiger partial charge in [-0.05, 0) is 24.1 Å². The summed E-state index contributed by atoms with van der Waals surface area (Å²) in [5, 5.41) is 14.7. The molecule has 90 valence electrons. The average Bonchev–Trinajstić information content (AvgIpc) is 2.25. The molecule has 0 radical (unpaired) electrons. The number of aliphatic hydroxyl groups excluding tert-OH is 1. The quantitative estimate of drug-likeness (QED) is 0.823. The van der Waals surface area contributed by atoms with Crippen LogP contribution in [0.3, 0.4) is 0 Å². The van der Waals surface area contributed by atoms with Gasteiger partial charge in [-0.3, -0.25) is 0 Å². The van der Waals surface area contributed by atoms with Gasteiger partial charge in [0.05, 0.1) is 11.0 Å². The van der Waals surface area contributed by atoms with Crippen LogP contribution in [0.15, 0.2) is 29.2 Å². The molecule has 0 amide bonds. The molecular weight excluding hydrogens is 226 g/mol. The zero-order chi connectivity index (χ0) is 12.2. The second kappa shape index (κ2) is 5.43. The third-order valence-electron chi connectivity index (χ3n) is 2.42. The predicted octanol–water partition coefficient (Wildman–Crippen LogP) is 1.56. The number of rotatable bonds is 5. The van der Waals surface area contributed by atoms with Crippen molar-refractivity contribution in [3.63, 3.8) is 0 Å². The summed E-state index contributed by atoms with van der Waals surface area (Å²) in [5.74, 6) is 0. The lowest BCUT2D eigenvalue weighted by Crippen LogP contribution is -2.12. The highest BCUT2D eigenvalue weighted by molar-refractivity contribution is 7.89. The Morgan fingerprint density at radius 3 is 2.31 bits per heavy atom. The lowest BCUT2D eigenvalue weighted by Gasteiger charge is -2.10. The van der Waals surface area contributed by atoms with Crippen molar-refractivity contribution in [3.05, 3.63) is 29.8 Å². The van der Waals surface area contributed by atoms with Crippen LogP contribution in [0.5, 0.6) is 0 Å². The van der Waals surface area contributed by atoms with Crippen LogP contribution in [0.2, 0.25) is 0 Å². The Balaban J connectivity index is 2.79. The van der Waals surface area contributed by atoms with Gasteiger partial charge in [0, 0.05) is 0 Å². The SMILES string of the molecule is CCCCC(O)c1ccc(S(N)(=O)=O)cc1. The molecule has 1 rings (SSSR count). The fraction of sp³-hybridized carbons (Fsp3) is 0.455. The smallest absolute Gasteiger partial charge is 0.238 e. The Morgan fingerprint density at radius 2 is 1.88 bits per heavy atom. The van der Waals surface area contributed by atoms with Gasteiger partial charge < -0.3 is 5.11 Å². The monoisotopic (exact) mass is 243 g/mol. The molecule has 5 heteroatoms. The molecule has 0 heterocycles. The molecule has 16 heavy (non-hydrogen) atoms. The highest BCUT2D eigenvalue weighted by Crippen LogP contribution is 2.20. The maximum absolute atomic E-state index is 11.0. The third kappa shape index (κ3) is 3.59. The Morgan fingerprint density at radius 1 is 1.31 bits per heavy atom. The van der Waals surface area contributed by atoms with E-state index in [1.54, 1.807) is 12.1 Å². The van der Waals surface area contributed by atoms with Crippen molar-refractivity contribution in [2.24, 2.45) is 5.14 Å². The maximum Gasteiger partial charge on any atom is 0.238 e. The summed E-state index contributed by atoms with van der Waals surface area (Å²) in [5.41, 5.74) is 0.723. The minimum atomic E-state index is -3.64. The number of nitrogens with two attached hydrogens (primary N) is 1. The van der Waals surface area contributed by atoms with Crippen LogP contribution >= 0.6 is 0 Å². The molecule has 0 bridgehead atoms. The maximum atomic E-state index is 11.0. The van der Waals surface area contributed by atoms with Crippen LogP contribution in [-0.2, 0) is 10.0 Å². The van der Waals surface area contributed by atoms with E-state index >= 15 is 0 Å². The number of hydrogen-bond donors (Lipinski definition) is 2. The second-order valence-corrected chi connectivity index (χ2v) is 5.33. The lowest BCUT2D eigenvalue weighted by atomic mass is 10.0. The molecule has 3 N–H and O–H groups in total. The Kier molecular flexibility index (Phi) is 4.46. The molecule has 0 fully saturated rings. The van der Waals surface area contributed by atoms with Crippen LogP contribution in [0.4, 0.5) is 0 Å². The third-order valence-corrected chi connectivity index (χ3v) is 3.35. The average molecular weight is 243 g/mol. The van der Waals surface area contributed by atoms with E-state index in [1.165, 1.54) is 12.1 Å². The molecule has 1 aromatic rings. The van der Waals surface area contributed by atoms with Crippen molar-refractivity contribution in [1.82, 2.24) is 0 Å². The molecule has 0 spiro atoms. The van der Waals surface area contributed by atoms with Crippen molar-refractivity contribution >= 4 is 10.0 Å². The molecular formula is C11H17NO3S. The standard InChI is InChI=1S/C11H17NO3S/c1-2-3-4-11(13)9-5-7-10(8-6-9)16(12,14)15/h5-8,11,13H,2-4H2,1H3,(H2,12,14,15). The fourth-order valence-corrected chi connectivity index (χ4v) is 1.96. The van der Waals surface area contributed by atoms with Crippen molar-refractivity contribution in [1.29, 1.82) is 0 Å². The molecule has 1 unspecified atom stereocenters. The predicted molar refractivity (Wildman–Crippen MR) is 62.3 cm³/mol. The van der Waals surface area contributed by atoms with Gasteiger partial charge >= 0.3 is 0 Å². The summed E-state index contributed by atoms with van der Waals surface area (Å²) in [6.45, 7) is 2.05. The highest BCUT2D eigenvalue weighted by Gasteiger charge is 2.10. The van der Waals surface area contributed by atoms with E-state index in [-0.39, 0.29) is 4.90 Å². The summed E-state index contributed by atoms with van der Waals surface area (Å²) < 4.78 is 22.0. The van der Waals surface area contributed by atoms with Gasteiger partial charge in [0.25, 0.3) is 0 Å². The largest absolute Gasteiger partial charge is 0.388 e. The summed E-state index contributed by atoms with van der Waals surface area (Å²) in [4.78, 5) is 0.0685.